The van der Waals surface area contributed by atoms with Crippen molar-refractivity contribution in [2.75, 3.05) is 26.5 Å². The van der Waals surface area contributed by atoms with Gasteiger partial charge in [0.2, 0.25) is 5.88 Å². The number of sulfone groups is 1. The maximum Gasteiger partial charge on any atom is 0.409 e. The molecule has 0 radical (unpaired) electrons. The molecule has 1 saturated heterocycles. The highest BCUT2D eigenvalue weighted by molar-refractivity contribution is 7.90. The number of amides is 1. The van der Waals surface area contributed by atoms with Gasteiger partial charge in [-0.3, -0.25) is 0 Å². The lowest BCUT2D eigenvalue weighted by Gasteiger charge is -2.31. The zero-order valence-corrected chi connectivity index (χ0v) is 17.4. The summed E-state index contributed by atoms with van der Waals surface area (Å²) in [6, 6.07) is 6.23. The van der Waals surface area contributed by atoms with Gasteiger partial charge < -0.3 is 14.4 Å². The minimum absolute atomic E-state index is 0.0974. The van der Waals surface area contributed by atoms with E-state index in [4.69, 9.17) is 9.47 Å². The Kier molecular flexibility index (Phi) is 5.29. The summed E-state index contributed by atoms with van der Waals surface area (Å²) in [7, 11) is -1.90. The second-order valence-corrected chi connectivity index (χ2v) is 9.05. The third-order valence-corrected chi connectivity index (χ3v) is 6.19. The van der Waals surface area contributed by atoms with Crippen LogP contribution in [-0.4, -0.2) is 65.6 Å². The van der Waals surface area contributed by atoms with Crippen molar-refractivity contribution >= 4 is 27.0 Å². The Morgan fingerprint density at radius 2 is 1.83 bits per heavy atom. The summed E-state index contributed by atoms with van der Waals surface area (Å²) in [4.78, 5) is 22.1. The highest BCUT2D eigenvalue weighted by Gasteiger charge is 2.26. The van der Waals surface area contributed by atoms with Gasteiger partial charge in [-0.2, -0.15) is 5.10 Å². The molecule has 30 heavy (non-hydrogen) atoms. The zero-order chi connectivity index (χ0) is 21.3. The van der Waals surface area contributed by atoms with Crippen LogP contribution in [0, 0.1) is 0 Å². The van der Waals surface area contributed by atoms with E-state index in [0.717, 1.165) is 19.1 Å². The molecule has 1 aliphatic rings. The van der Waals surface area contributed by atoms with Crippen LogP contribution in [-0.2, 0) is 14.6 Å². The molecule has 0 saturated carbocycles. The Balaban J connectivity index is 1.55. The van der Waals surface area contributed by atoms with Gasteiger partial charge in [-0.25, -0.2) is 27.9 Å². The van der Waals surface area contributed by atoms with Crippen LogP contribution in [0.3, 0.4) is 0 Å². The Morgan fingerprint density at radius 1 is 1.13 bits per heavy atom. The maximum atomic E-state index is 11.7. The predicted octanol–water partition coefficient (Wildman–Crippen LogP) is 2.43. The first-order valence-corrected chi connectivity index (χ1v) is 11.2. The quantitative estimate of drug-likeness (QED) is 0.618. The summed E-state index contributed by atoms with van der Waals surface area (Å²) in [5, 5.41) is 5.13. The van der Waals surface area contributed by atoms with Crippen LogP contribution in [0.25, 0.3) is 11.0 Å². The standard InChI is InChI=1S/C19H21N5O5S/c1-28-19(25)23-9-7-13(8-10-23)24-17-16(11-22-24)18(21-12-20-17)29-14-3-5-15(6-4-14)30(2,26)27/h3-6,11-13H,7-10H2,1-2H3. The van der Waals surface area contributed by atoms with Crippen molar-refractivity contribution in [1.82, 2.24) is 24.6 Å². The van der Waals surface area contributed by atoms with Gasteiger partial charge >= 0.3 is 6.09 Å². The number of hydrogen-bond donors (Lipinski definition) is 0. The summed E-state index contributed by atoms with van der Waals surface area (Å²) >= 11 is 0. The molecule has 1 aromatic carbocycles. The number of piperidine rings is 1. The number of carbonyl (C=O) groups is 1. The molecule has 3 heterocycles. The first-order chi connectivity index (χ1) is 14.4. The van der Waals surface area contributed by atoms with Crippen molar-refractivity contribution < 1.29 is 22.7 Å². The number of methoxy groups -OCH3 is 1. The van der Waals surface area contributed by atoms with Crippen molar-refractivity contribution in [3.05, 3.63) is 36.8 Å². The van der Waals surface area contributed by atoms with Gasteiger partial charge in [0, 0.05) is 19.3 Å². The Bertz CT molecular complexity index is 1170. The molecule has 0 atom stereocenters. The number of hydrogen-bond acceptors (Lipinski definition) is 8. The summed E-state index contributed by atoms with van der Waals surface area (Å²) in [5.41, 5.74) is 0.643. The molecule has 4 rings (SSSR count). The van der Waals surface area contributed by atoms with E-state index < -0.39 is 9.84 Å². The molecule has 1 aliphatic heterocycles. The molecule has 11 heteroatoms. The number of aromatic nitrogens is 4. The van der Waals surface area contributed by atoms with Gasteiger partial charge in [0.05, 0.1) is 24.2 Å². The van der Waals surface area contributed by atoms with Gasteiger partial charge in [-0.05, 0) is 37.1 Å². The number of fused-ring (bicyclic) bond motifs is 1. The van der Waals surface area contributed by atoms with Crippen LogP contribution in [0.1, 0.15) is 18.9 Å². The lowest BCUT2D eigenvalue weighted by molar-refractivity contribution is 0.106. The minimum atomic E-state index is -3.27. The van der Waals surface area contributed by atoms with Crippen LogP contribution in [0.4, 0.5) is 4.79 Å². The third-order valence-electron chi connectivity index (χ3n) is 5.06. The van der Waals surface area contributed by atoms with Gasteiger partial charge in [0.15, 0.2) is 15.5 Å². The van der Waals surface area contributed by atoms with Gasteiger partial charge in [-0.15, -0.1) is 0 Å². The lowest BCUT2D eigenvalue weighted by atomic mass is 10.1. The van der Waals surface area contributed by atoms with Crippen molar-refractivity contribution in [1.29, 1.82) is 0 Å². The average molecular weight is 431 g/mol. The average Bonchev–Trinajstić information content (AvgIpc) is 3.18. The second kappa shape index (κ2) is 7.90. The summed E-state index contributed by atoms with van der Waals surface area (Å²) in [6.45, 7) is 1.17. The normalized spacial score (nSPS) is 15.3. The smallest absolute Gasteiger partial charge is 0.409 e. The van der Waals surface area contributed by atoms with E-state index in [1.165, 1.54) is 25.6 Å². The fourth-order valence-electron chi connectivity index (χ4n) is 3.48. The molecule has 1 amide bonds. The van der Waals surface area contributed by atoms with E-state index in [1.54, 1.807) is 23.2 Å². The molecule has 158 valence electrons. The first-order valence-electron chi connectivity index (χ1n) is 9.36. The van der Waals surface area contributed by atoms with Gasteiger partial charge in [0.1, 0.15) is 17.5 Å². The van der Waals surface area contributed by atoms with Crippen molar-refractivity contribution in [3.63, 3.8) is 0 Å². The van der Waals surface area contributed by atoms with Gasteiger partial charge in [0.25, 0.3) is 0 Å². The number of rotatable bonds is 4. The van der Waals surface area contributed by atoms with Crippen LogP contribution in [0.2, 0.25) is 0 Å². The highest BCUT2D eigenvalue weighted by atomic mass is 32.2. The lowest BCUT2D eigenvalue weighted by Crippen LogP contribution is -2.39. The molecule has 0 N–H and O–H groups in total. The zero-order valence-electron chi connectivity index (χ0n) is 16.6. The van der Waals surface area contributed by atoms with Crippen molar-refractivity contribution in [3.8, 4) is 11.6 Å². The number of carbonyl (C=O) groups excluding carboxylic acids is 1. The van der Waals surface area contributed by atoms with Gasteiger partial charge in [-0.1, -0.05) is 0 Å². The molecular formula is C19H21N5O5S. The molecule has 0 aliphatic carbocycles. The monoisotopic (exact) mass is 431 g/mol. The molecule has 0 bridgehead atoms. The summed E-state index contributed by atoms with van der Waals surface area (Å²) in [6.07, 6.45) is 5.37. The molecule has 3 aromatic rings. The maximum absolute atomic E-state index is 11.7. The molecule has 0 unspecified atom stereocenters. The number of ether oxygens (including phenoxy) is 2. The van der Waals surface area contributed by atoms with Crippen LogP contribution in [0.5, 0.6) is 11.6 Å². The van der Waals surface area contributed by atoms with E-state index in [2.05, 4.69) is 15.1 Å². The Morgan fingerprint density at radius 3 is 2.47 bits per heavy atom. The van der Waals surface area contributed by atoms with E-state index in [0.29, 0.717) is 35.8 Å². The molecule has 1 fully saturated rings. The number of benzene rings is 1. The number of likely N-dealkylation sites (tertiary alicyclic amines) is 1. The van der Waals surface area contributed by atoms with E-state index >= 15 is 0 Å². The van der Waals surface area contributed by atoms with Crippen molar-refractivity contribution in [2.45, 2.75) is 23.8 Å². The Labute approximate surface area is 173 Å². The van der Waals surface area contributed by atoms with E-state index in [-0.39, 0.29) is 17.0 Å². The third kappa shape index (κ3) is 3.92. The second-order valence-electron chi connectivity index (χ2n) is 7.04. The van der Waals surface area contributed by atoms with Crippen LogP contribution in [0.15, 0.2) is 41.7 Å². The SMILES string of the molecule is COC(=O)N1CCC(n2ncc3c(Oc4ccc(S(C)(=O)=O)cc4)ncnc32)CC1. The first kappa shape index (κ1) is 20.1. The summed E-state index contributed by atoms with van der Waals surface area (Å²) < 4.78 is 35.7. The Hall–Kier alpha value is -3.21. The highest BCUT2D eigenvalue weighted by Crippen LogP contribution is 2.31. The molecular weight excluding hydrogens is 410 g/mol. The predicted molar refractivity (Wildman–Crippen MR) is 107 cm³/mol. The van der Waals surface area contributed by atoms with Crippen LogP contribution < -0.4 is 4.74 Å². The van der Waals surface area contributed by atoms with Crippen LogP contribution >= 0.6 is 0 Å². The fraction of sp³-hybridized carbons (Fsp3) is 0.368. The largest absolute Gasteiger partial charge is 0.453 e. The van der Waals surface area contributed by atoms with Crippen molar-refractivity contribution in [2.24, 2.45) is 0 Å². The van der Waals surface area contributed by atoms with E-state index in [1.807, 2.05) is 4.68 Å². The van der Waals surface area contributed by atoms with E-state index in [9.17, 15) is 13.2 Å². The fourth-order valence-corrected chi connectivity index (χ4v) is 4.11. The topological polar surface area (TPSA) is 117 Å². The summed E-state index contributed by atoms with van der Waals surface area (Å²) in [5.74, 6) is 0.798. The number of nitrogens with zero attached hydrogens (tertiary/aromatic N) is 5. The molecule has 10 nitrogen and oxygen atoms in total. The molecule has 0 spiro atoms. The minimum Gasteiger partial charge on any atom is -0.453 e. The molecule has 2 aromatic heterocycles.